The lowest BCUT2D eigenvalue weighted by Gasteiger charge is -2.35. The number of nitrogens with one attached hydrogen (secondary N) is 1. The zero-order valence-electron chi connectivity index (χ0n) is 12.3. The first-order chi connectivity index (χ1) is 8.81. The Labute approximate surface area is 113 Å². The summed E-state index contributed by atoms with van der Waals surface area (Å²) in [6.07, 6.45) is 13.1. The minimum atomic E-state index is 0.556. The van der Waals surface area contributed by atoms with Crippen LogP contribution in [0, 0.1) is 5.92 Å². The van der Waals surface area contributed by atoms with E-state index in [1.807, 2.05) is 0 Å². The molecule has 0 radical (unpaired) electrons. The van der Waals surface area contributed by atoms with Gasteiger partial charge in [-0.2, -0.15) is 0 Å². The highest BCUT2D eigenvalue weighted by Gasteiger charge is 2.27. The van der Waals surface area contributed by atoms with E-state index in [0.717, 1.165) is 18.5 Å². The van der Waals surface area contributed by atoms with Crippen molar-refractivity contribution in [2.75, 3.05) is 6.54 Å². The SMILES string of the molecule is CCNC1CCC(OC2CCCC(CC)C2)CC1. The van der Waals surface area contributed by atoms with Gasteiger partial charge in [0.05, 0.1) is 12.2 Å². The summed E-state index contributed by atoms with van der Waals surface area (Å²) in [5.41, 5.74) is 0. The van der Waals surface area contributed by atoms with E-state index in [4.69, 9.17) is 4.74 Å². The van der Waals surface area contributed by atoms with Crippen molar-refractivity contribution in [2.24, 2.45) is 5.92 Å². The van der Waals surface area contributed by atoms with Crippen LogP contribution in [0.15, 0.2) is 0 Å². The number of hydrogen-bond donors (Lipinski definition) is 1. The van der Waals surface area contributed by atoms with Gasteiger partial charge < -0.3 is 10.1 Å². The van der Waals surface area contributed by atoms with Gasteiger partial charge in [0.15, 0.2) is 0 Å². The Morgan fingerprint density at radius 1 is 0.944 bits per heavy atom. The topological polar surface area (TPSA) is 21.3 Å². The normalized spacial score (nSPS) is 37.7. The molecule has 2 heteroatoms. The molecule has 2 rings (SSSR count). The molecule has 0 aromatic carbocycles. The first-order valence-corrected chi connectivity index (χ1v) is 8.20. The molecule has 0 aromatic heterocycles. The predicted molar refractivity (Wildman–Crippen MR) is 76.8 cm³/mol. The highest BCUT2D eigenvalue weighted by Crippen LogP contribution is 2.31. The molecular formula is C16H31NO. The first kappa shape index (κ1) is 14.3. The molecule has 0 amide bonds. The van der Waals surface area contributed by atoms with Crippen LogP contribution >= 0.6 is 0 Å². The molecule has 2 saturated carbocycles. The molecule has 2 fully saturated rings. The van der Waals surface area contributed by atoms with Gasteiger partial charge in [0, 0.05) is 6.04 Å². The predicted octanol–water partition coefficient (Wildman–Crippen LogP) is 3.89. The molecule has 2 unspecified atom stereocenters. The standard InChI is InChI=1S/C16H31NO/c1-3-13-6-5-7-16(12-13)18-15-10-8-14(9-11-15)17-4-2/h13-17H,3-12H2,1-2H3. The zero-order valence-corrected chi connectivity index (χ0v) is 12.3. The molecule has 0 bridgehead atoms. The van der Waals surface area contributed by atoms with Crippen molar-refractivity contribution in [3.63, 3.8) is 0 Å². The van der Waals surface area contributed by atoms with Crippen molar-refractivity contribution >= 4 is 0 Å². The van der Waals surface area contributed by atoms with E-state index in [-0.39, 0.29) is 0 Å². The zero-order chi connectivity index (χ0) is 12.8. The van der Waals surface area contributed by atoms with Gasteiger partial charge in [-0.15, -0.1) is 0 Å². The van der Waals surface area contributed by atoms with E-state index in [1.54, 1.807) is 0 Å². The maximum Gasteiger partial charge on any atom is 0.0581 e. The summed E-state index contributed by atoms with van der Waals surface area (Å²) < 4.78 is 6.36. The third-order valence-electron chi connectivity index (χ3n) is 4.86. The smallest absolute Gasteiger partial charge is 0.0581 e. The lowest BCUT2D eigenvalue weighted by molar-refractivity contribution is -0.0573. The van der Waals surface area contributed by atoms with Gasteiger partial charge in [0.2, 0.25) is 0 Å². The van der Waals surface area contributed by atoms with Crippen molar-refractivity contribution in [1.29, 1.82) is 0 Å². The van der Waals surface area contributed by atoms with Gasteiger partial charge in [-0.05, 0) is 51.0 Å². The van der Waals surface area contributed by atoms with Crippen LogP contribution < -0.4 is 5.32 Å². The quantitative estimate of drug-likeness (QED) is 0.802. The van der Waals surface area contributed by atoms with Crippen LogP contribution in [0.4, 0.5) is 0 Å². The van der Waals surface area contributed by atoms with Crippen molar-refractivity contribution < 1.29 is 4.74 Å². The van der Waals surface area contributed by atoms with E-state index in [9.17, 15) is 0 Å². The summed E-state index contributed by atoms with van der Waals surface area (Å²) in [4.78, 5) is 0. The summed E-state index contributed by atoms with van der Waals surface area (Å²) in [5.74, 6) is 0.932. The summed E-state index contributed by atoms with van der Waals surface area (Å²) >= 11 is 0. The fraction of sp³-hybridized carbons (Fsp3) is 1.00. The van der Waals surface area contributed by atoms with Crippen molar-refractivity contribution in [3.05, 3.63) is 0 Å². The first-order valence-electron chi connectivity index (χ1n) is 8.20. The van der Waals surface area contributed by atoms with Gasteiger partial charge >= 0.3 is 0 Å². The molecule has 18 heavy (non-hydrogen) atoms. The average Bonchev–Trinajstić information content (AvgIpc) is 2.42. The summed E-state index contributed by atoms with van der Waals surface area (Å²) in [7, 11) is 0. The third kappa shape index (κ3) is 4.24. The van der Waals surface area contributed by atoms with E-state index < -0.39 is 0 Å². The van der Waals surface area contributed by atoms with Gasteiger partial charge in [-0.3, -0.25) is 0 Å². The largest absolute Gasteiger partial charge is 0.375 e. The second-order valence-electron chi connectivity index (χ2n) is 6.23. The molecule has 106 valence electrons. The Balaban J connectivity index is 1.67. The number of rotatable bonds is 5. The number of hydrogen-bond acceptors (Lipinski definition) is 2. The van der Waals surface area contributed by atoms with E-state index in [2.05, 4.69) is 19.2 Å². The van der Waals surface area contributed by atoms with E-state index in [0.29, 0.717) is 12.2 Å². The van der Waals surface area contributed by atoms with Crippen LogP contribution in [0.5, 0.6) is 0 Å². The molecule has 2 aliphatic carbocycles. The van der Waals surface area contributed by atoms with Crippen LogP contribution in [0.1, 0.15) is 71.6 Å². The summed E-state index contributed by atoms with van der Waals surface area (Å²) in [6, 6.07) is 0.754. The molecule has 1 N–H and O–H groups in total. The van der Waals surface area contributed by atoms with Gasteiger partial charge in [0.25, 0.3) is 0 Å². The summed E-state index contributed by atoms with van der Waals surface area (Å²) in [6.45, 7) is 5.64. The monoisotopic (exact) mass is 253 g/mol. The maximum atomic E-state index is 6.36. The molecule has 0 heterocycles. The molecule has 0 spiro atoms. The Morgan fingerprint density at radius 2 is 1.72 bits per heavy atom. The minimum Gasteiger partial charge on any atom is -0.375 e. The van der Waals surface area contributed by atoms with Crippen LogP contribution in [-0.4, -0.2) is 24.8 Å². The highest BCUT2D eigenvalue weighted by molar-refractivity contribution is 4.80. The molecular weight excluding hydrogens is 222 g/mol. The van der Waals surface area contributed by atoms with Crippen molar-refractivity contribution in [1.82, 2.24) is 5.32 Å². The molecule has 0 saturated heterocycles. The van der Waals surface area contributed by atoms with E-state index in [1.165, 1.54) is 57.8 Å². The lowest BCUT2D eigenvalue weighted by atomic mass is 9.85. The van der Waals surface area contributed by atoms with Crippen LogP contribution in [0.25, 0.3) is 0 Å². The molecule has 2 atom stereocenters. The van der Waals surface area contributed by atoms with Crippen molar-refractivity contribution in [2.45, 2.75) is 89.9 Å². The van der Waals surface area contributed by atoms with Crippen LogP contribution in [0.2, 0.25) is 0 Å². The second kappa shape index (κ2) is 7.49. The van der Waals surface area contributed by atoms with Crippen LogP contribution in [-0.2, 0) is 4.74 Å². The van der Waals surface area contributed by atoms with Crippen molar-refractivity contribution in [3.8, 4) is 0 Å². The van der Waals surface area contributed by atoms with Gasteiger partial charge in [-0.25, -0.2) is 0 Å². The van der Waals surface area contributed by atoms with Gasteiger partial charge in [-0.1, -0.05) is 33.1 Å². The third-order valence-corrected chi connectivity index (χ3v) is 4.86. The molecule has 0 aromatic rings. The minimum absolute atomic E-state index is 0.556. The van der Waals surface area contributed by atoms with E-state index >= 15 is 0 Å². The lowest BCUT2D eigenvalue weighted by Crippen LogP contribution is -2.37. The Bertz CT molecular complexity index is 223. The number of ether oxygens (including phenoxy) is 1. The molecule has 2 nitrogen and oxygen atoms in total. The summed E-state index contributed by atoms with van der Waals surface area (Å²) in [5, 5.41) is 3.57. The average molecular weight is 253 g/mol. The Kier molecular flexibility index (Phi) is 5.97. The maximum absolute atomic E-state index is 6.36. The van der Waals surface area contributed by atoms with Gasteiger partial charge in [0.1, 0.15) is 0 Å². The van der Waals surface area contributed by atoms with Crippen LogP contribution in [0.3, 0.4) is 0 Å². The Morgan fingerprint density at radius 3 is 2.39 bits per heavy atom. The fourth-order valence-corrected chi connectivity index (χ4v) is 3.70. The fourth-order valence-electron chi connectivity index (χ4n) is 3.70. The Hall–Kier alpha value is -0.0800. The highest BCUT2D eigenvalue weighted by atomic mass is 16.5. The second-order valence-corrected chi connectivity index (χ2v) is 6.23. The molecule has 2 aliphatic rings. The molecule has 0 aliphatic heterocycles.